The number of rotatable bonds is 8. The average Bonchev–Trinajstić information content (AvgIpc) is 3.14. The molecule has 0 saturated carbocycles. The maximum Gasteiger partial charge on any atom is 0.153 e. The van der Waals surface area contributed by atoms with Crippen LogP contribution in [0.25, 0.3) is 0 Å². The van der Waals surface area contributed by atoms with Crippen LogP contribution < -0.4 is 28.7 Å². The van der Waals surface area contributed by atoms with Crippen molar-refractivity contribution in [1.29, 1.82) is 0 Å². The van der Waals surface area contributed by atoms with Crippen LogP contribution in [-0.2, 0) is 17.4 Å². The molecule has 0 amide bonds. The molecule has 0 bridgehead atoms. The average molecular weight is 758 g/mol. The van der Waals surface area contributed by atoms with Crippen LogP contribution in [0.5, 0.6) is 11.5 Å². The zero-order valence-electron chi connectivity index (χ0n) is 28.0. The Morgan fingerprint density at radius 3 is 1.12 bits per heavy atom. The number of para-hydroxylation sites is 4. The van der Waals surface area contributed by atoms with Crippen LogP contribution in [-0.4, -0.2) is 31.6 Å². The quantitative estimate of drug-likeness (QED) is 0.170. The van der Waals surface area contributed by atoms with E-state index in [-0.39, 0.29) is 28.9 Å². The van der Waals surface area contributed by atoms with Gasteiger partial charge in [-0.05, 0) is 86.6 Å². The summed E-state index contributed by atoms with van der Waals surface area (Å²) in [4.78, 5) is 8.76. The normalized spacial score (nSPS) is 11.1. The molecule has 4 aromatic carbocycles. The van der Waals surface area contributed by atoms with E-state index in [0.717, 1.165) is 11.4 Å². The minimum Gasteiger partial charge on any atom is -0.507 e. The molecule has 14 heteroatoms. The number of aromatic nitrogens is 2. The molecule has 0 aliphatic carbocycles. The Labute approximate surface area is 314 Å². The summed E-state index contributed by atoms with van der Waals surface area (Å²) >= 11 is 0. The molecule has 2 N–H and O–H groups in total. The summed E-state index contributed by atoms with van der Waals surface area (Å²) in [5.41, 5.74) is 4.62. The van der Waals surface area contributed by atoms with Crippen molar-refractivity contribution in [1.82, 2.24) is 9.97 Å². The van der Waals surface area contributed by atoms with Crippen molar-refractivity contribution in [3.63, 3.8) is 0 Å². The van der Waals surface area contributed by atoms with Crippen molar-refractivity contribution < 1.29 is 56.5 Å². The van der Waals surface area contributed by atoms with E-state index in [0.29, 0.717) is 34.2 Å². The van der Waals surface area contributed by atoms with Gasteiger partial charge in [-0.25, -0.2) is 38.6 Å². The van der Waals surface area contributed by atoms with Crippen molar-refractivity contribution in [3.05, 3.63) is 169 Å². The monoisotopic (exact) mass is 757 g/mol. The van der Waals surface area contributed by atoms with Crippen LogP contribution in [0.1, 0.15) is 25.0 Å². The summed E-state index contributed by atoms with van der Waals surface area (Å²) in [7, 11) is -4.94. The Hall–Kier alpha value is -5.62. The summed E-state index contributed by atoms with van der Waals surface area (Å²) in [6.45, 7) is 3.74. The molecular weight excluding hydrogens is 724 g/mol. The predicted octanol–water partition coefficient (Wildman–Crippen LogP) is 3.94. The van der Waals surface area contributed by atoms with Crippen molar-refractivity contribution >= 4 is 34.4 Å². The van der Waals surface area contributed by atoms with Crippen LogP contribution >= 0.6 is 0 Å². The van der Waals surface area contributed by atoms with Gasteiger partial charge < -0.3 is 10.2 Å². The van der Waals surface area contributed by atoms with Crippen LogP contribution in [0.15, 0.2) is 168 Å². The molecule has 0 atom stereocenters. The number of hydrogen-bond acceptors (Lipinski definition) is 12. The van der Waals surface area contributed by atoms with Crippen LogP contribution in [0.2, 0.25) is 0 Å². The summed E-state index contributed by atoms with van der Waals surface area (Å²) in [6, 6.07) is 45.3. The fourth-order valence-electron chi connectivity index (χ4n) is 4.55. The largest absolute Gasteiger partial charge is 0.507 e. The third kappa shape index (κ3) is 12.9. The van der Waals surface area contributed by atoms with E-state index in [1.807, 2.05) is 135 Å². The van der Waals surface area contributed by atoms with Gasteiger partial charge in [0.25, 0.3) is 0 Å². The van der Waals surface area contributed by atoms with E-state index >= 15 is 0 Å². The third-order valence-corrected chi connectivity index (χ3v) is 6.82. The fourth-order valence-corrected chi connectivity index (χ4v) is 4.55. The maximum absolute atomic E-state index is 10.0. The SMILES string of the molecule is C/C(=N\N(c1ccccc1)c1ccccn1)c1ccccc1O.C/C(=N\N(c1ccccc1)c1ccccn1)c1ccccc1O.[Cr].[O-][Cl+3]([O-])([O-])[O-]. The Bertz CT molecular complexity index is 1780. The smallest absolute Gasteiger partial charge is 0.153 e. The van der Waals surface area contributed by atoms with Gasteiger partial charge in [0.2, 0.25) is 0 Å². The van der Waals surface area contributed by atoms with E-state index in [2.05, 4.69) is 20.2 Å². The second kappa shape index (κ2) is 20.3. The number of halogens is 1. The zero-order chi connectivity index (χ0) is 36.6. The van der Waals surface area contributed by atoms with Crippen molar-refractivity contribution in [2.24, 2.45) is 10.2 Å². The number of phenolic OH excluding ortho intramolecular Hbond substituents is 2. The first-order valence-corrected chi connectivity index (χ1v) is 16.6. The van der Waals surface area contributed by atoms with E-state index in [9.17, 15) is 10.2 Å². The van der Waals surface area contributed by atoms with Crippen LogP contribution in [0.4, 0.5) is 23.0 Å². The van der Waals surface area contributed by atoms with E-state index in [4.69, 9.17) is 18.6 Å². The molecule has 6 rings (SSSR count). The van der Waals surface area contributed by atoms with E-state index in [1.165, 1.54) is 0 Å². The molecule has 0 unspecified atom stereocenters. The number of aromatic hydroxyl groups is 2. The van der Waals surface area contributed by atoms with Gasteiger partial charge in [0.05, 0.1) is 22.8 Å². The minimum absolute atomic E-state index is 0. The van der Waals surface area contributed by atoms with Gasteiger partial charge in [-0.3, -0.25) is 0 Å². The maximum atomic E-state index is 10.0. The third-order valence-electron chi connectivity index (χ3n) is 6.82. The second-order valence-electron chi connectivity index (χ2n) is 10.5. The molecule has 12 nitrogen and oxygen atoms in total. The topological polar surface area (TPSA) is 190 Å². The summed E-state index contributed by atoms with van der Waals surface area (Å²) in [5.74, 6) is 1.85. The van der Waals surface area contributed by atoms with Crippen molar-refractivity contribution in [3.8, 4) is 11.5 Å². The molecule has 52 heavy (non-hydrogen) atoms. The van der Waals surface area contributed by atoms with Gasteiger partial charge in [0.15, 0.2) is 11.6 Å². The number of anilines is 4. The van der Waals surface area contributed by atoms with Crippen molar-refractivity contribution in [2.75, 3.05) is 10.0 Å². The van der Waals surface area contributed by atoms with Gasteiger partial charge in [0.1, 0.15) is 11.5 Å². The van der Waals surface area contributed by atoms with Gasteiger partial charge in [-0.15, -0.1) is 10.2 Å². The number of benzene rings is 4. The molecule has 6 aromatic rings. The van der Waals surface area contributed by atoms with Crippen LogP contribution in [0.3, 0.4) is 0 Å². The Morgan fingerprint density at radius 2 is 0.808 bits per heavy atom. The predicted molar refractivity (Wildman–Crippen MR) is 186 cm³/mol. The Morgan fingerprint density at radius 1 is 0.500 bits per heavy atom. The second-order valence-corrected chi connectivity index (χ2v) is 11.2. The molecule has 2 aromatic heterocycles. The molecule has 0 spiro atoms. The summed E-state index contributed by atoms with van der Waals surface area (Å²) in [6.07, 6.45) is 3.46. The first-order chi connectivity index (χ1) is 24.5. The molecule has 0 radical (unpaired) electrons. The minimum atomic E-state index is -4.94. The molecule has 0 aliphatic heterocycles. The first-order valence-electron chi connectivity index (χ1n) is 15.3. The van der Waals surface area contributed by atoms with Crippen LogP contribution in [0, 0.1) is 10.2 Å². The van der Waals surface area contributed by atoms with Gasteiger partial charge in [0, 0.05) is 40.9 Å². The van der Waals surface area contributed by atoms with Gasteiger partial charge >= 0.3 is 0 Å². The molecular formula is C38H34ClCrN6O6-. The summed E-state index contributed by atoms with van der Waals surface area (Å²) < 4.78 is 34.0. The van der Waals surface area contributed by atoms with E-state index < -0.39 is 10.2 Å². The zero-order valence-corrected chi connectivity index (χ0v) is 30.0. The number of nitrogens with zero attached hydrogens (tertiary/aromatic N) is 6. The summed E-state index contributed by atoms with van der Waals surface area (Å²) in [5, 5.41) is 32.9. The molecule has 266 valence electrons. The Kier molecular flexibility index (Phi) is 15.9. The molecule has 2 heterocycles. The standard InChI is InChI=1S/2C19H17N3O.ClHO4.Cr/c2*1-15(17-11-5-6-12-18(17)23)21-22(16-9-3-2-4-10-16)19-13-7-8-14-20-19;2-1(3,4)5;/h2*2-14,23H,1H3;(H,2,3,4,5);/p-1/b2*21-15+;;. The number of hydrazone groups is 2. The number of hydrogen-bond donors (Lipinski definition) is 2. The molecule has 0 saturated heterocycles. The van der Waals surface area contributed by atoms with E-state index in [1.54, 1.807) is 46.7 Å². The van der Waals surface area contributed by atoms with Gasteiger partial charge in [-0.2, -0.15) is 10.2 Å². The number of phenols is 2. The van der Waals surface area contributed by atoms with Crippen molar-refractivity contribution in [2.45, 2.75) is 13.8 Å². The fraction of sp³-hybridized carbons (Fsp3) is 0.0526. The molecule has 0 fully saturated rings. The number of pyridine rings is 2. The first kappa shape index (κ1) is 40.8. The molecule has 0 aliphatic rings. The Balaban J connectivity index is 0.000000244. The van der Waals surface area contributed by atoms with Gasteiger partial charge in [-0.1, -0.05) is 72.8 Å².